The number of halogens is 4. The zero-order valence-electron chi connectivity index (χ0n) is 55.2. The minimum atomic E-state index is -0.553. The van der Waals surface area contributed by atoms with E-state index < -0.39 is 9.85 Å². The molecule has 0 spiro atoms. The van der Waals surface area contributed by atoms with Gasteiger partial charge >= 0.3 is 0 Å². The molecule has 0 N–H and O–H groups in total. The summed E-state index contributed by atoms with van der Waals surface area (Å²) in [6.07, 6.45) is 28.8. The summed E-state index contributed by atoms with van der Waals surface area (Å²) in [5, 5.41) is 40.2. The molecule has 0 amide bonds. The van der Waals surface area contributed by atoms with Crippen molar-refractivity contribution >= 4 is 126 Å². The van der Waals surface area contributed by atoms with Gasteiger partial charge in [0.05, 0.1) is 41.3 Å². The molecule has 14 nitrogen and oxygen atoms in total. The Morgan fingerprint density at radius 1 is 0.432 bits per heavy atom. The second kappa shape index (κ2) is 37.0. The molecule has 0 aliphatic heterocycles. The lowest BCUT2D eigenvalue weighted by atomic mass is 9.94. The Morgan fingerprint density at radius 3 is 1.15 bits per heavy atom. The van der Waals surface area contributed by atoms with E-state index in [2.05, 4.69) is 197 Å². The van der Waals surface area contributed by atoms with Crippen molar-refractivity contribution in [3.05, 3.63) is 251 Å². The van der Waals surface area contributed by atoms with Crippen LogP contribution in [0.1, 0.15) is 135 Å². The number of azo groups is 2. The highest BCUT2D eigenvalue weighted by Gasteiger charge is 2.20. The first-order chi connectivity index (χ1) is 46.2. The van der Waals surface area contributed by atoms with Gasteiger partial charge in [-0.05, 0) is 156 Å². The molecule has 0 atom stereocenters. The molecule has 0 saturated carbocycles. The number of unbranched alkanes of at least 4 members (excludes halogenated alkanes) is 6. The maximum absolute atomic E-state index is 11.4. The highest BCUT2D eigenvalue weighted by Crippen LogP contribution is 2.41. The minimum Gasteiger partial charge on any atom is -0.372 e. The van der Waals surface area contributed by atoms with E-state index >= 15 is 0 Å². The molecule has 0 bridgehead atoms. The van der Waals surface area contributed by atoms with Gasteiger partial charge < -0.3 is 14.7 Å². The summed E-state index contributed by atoms with van der Waals surface area (Å²) in [6.45, 7) is 19.0. The molecule has 0 heterocycles. The average molecular weight is 1360 g/mol. The number of rotatable bonds is 34. The summed E-state index contributed by atoms with van der Waals surface area (Å²) in [7, 11) is 0. The van der Waals surface area contributed by atoms with Crippen LogP contribution in [-0.2, 0) is 0 Å². The van der Waals surface area contributed by atoms with Crippen LogP contribution in [0, 0.1) is 20.2 Å². The van der Waals surface area contributed by atoms with Crippen LogP contribution in [0.4, 0.5) is 62.6 Å². The van der Waals surface area contributed by atoms with Crippen molar-refractivity contribution in [3.8, 4) is 0 Å². The molecule has 0 saturated heterocycles. The third kappa shape index (κ3) is 20.3. The third-order valence-electron chi connectivity index (χ3n) is 16.5. The number of nitro groups is 2. The third-order valence-corrected chi connectivity index (χ3v) is 17.6. The van der Waals surface area contributed by atoms with Gasteiger partial charge in [-0.15, -0.1) is 10.2 Å². The van der Waals surface area contributed by atoms with Crippen LogP contribution >= 0.6 is 46.4 Å². The Hall–Kier alpha value is -8.53. The van der Waals surface area contributed by atoms with E-state index in [1.165, 1.54) is 35.7 Å². The predicted octanol–water partition coefficient (Wildman–Crippen LogP) is 24.9. The maximum atomic E-state index is 11.4. The van der Waals surface area contributed by atoms with E-state index in [9.17, 15) is 20.2 Å². The van der Waals surface area contributed by atoms with Crippen molar-refractivity contribution in [2.45, 2.75) is 119 Å². The molecule has 8 rings (SSSR count). The van der Waals surface area contributed by atoms with Gasteiger partial charge in [0.1, 0.15) is 24.5 Å². The topological polar surface area (TPSA) is 148 Å². The normalized spacial score (nSPS) is 12.4. The van der Waals surface area contributed by atoms with Crippen LogP contribution in [0.5, 0.6) is 0 Å². The fraction of sp³-hybridized carbons (Fsp3) is 0.312. The van der Waals surface area contributed by atoms with Gasteiger partial charge in [0.25, 0.3) is 11.4 Å². The zero-order chi connectivity index (χ0) is 67.6. The molecule has 0 radical (unpaired) electrons. The first kappa shape index (κ1) is 72.3. The molecule has 95 heavy (non-hydrogen) atoms. The van der Waals surface area contributed by atoms with E-state index in [-0.39, 0.29) is 42.8 Å². The van der Waals surface area contributed by atoms with Gasteiger partial charge in [0, 0.05) is 104 Å². The van der Waals surface area contributed by atoms with Crippen molar-refractivity contribution in [1.82, 2.24) is 0 Å². The van der Waals surface area contributed by atoms with Gasteiger partial charge in [0.15, 0.2) is 5.71 Å². The second-order valence-corrected chi connectivity index (χ2v) is 25.0. The SMILES string of the molecule is CCCCN(CCCC)c1ccc(/C(=C/C=C/C(=C2C=CC(=[N+](CCCC)CCCC)C=C2)c2ccc(N(CCCC)c3ccc(N=Nc4c(Cl)cc([N+](=O)[O-])cc4Cl)cc3)cc2)c2ccc(N(CCCC)c3ccc(N=Nc4c(Cl)cc([N+](=O)[O-])cc4Cl)cc3)cc2)cc1. The lowest BCUT2D eigenvalue weighted by Gasteiger charge is -2.26. The number of nitrogens with zero attached hydrogens (tertiary/aromatic N) is 10. The quantitative estimate of drug-likeness (QED) is 0.0128. The van der Waals surface area contributed by atoms with Crippen LogP contribution in [0.15, 0.2) is 214 Å². The Balaban J connectivity index is 1.16. The molecular formula is C77H85Cl4N10O4+. The van der Waals surface area contributed by atoms with Crippen LogP contribution in [0.2, 0.25) is 20.1 Å². The smallest absolute Gasteiger partial charge is 0.272 e. The summed E-state index contributed by atoms with van der Waals surface area (Å²) in [5.74, 6) is 0. The van der Waals surface area contributed by atoms with Crippen molar-refractivity contribution < 1.29 is 14.4 Å². The minimum absolute atomic E-state index is 0.0404. The summed E-state index contributed by atoms with van der Waals surface area (Å²) >= 11 is 25.4. The number of non-ortho nitro benzene ring substituents is 2. The lowest BCUT2D eigenvalue weighted by Crippen LogP contribution is -2.25. The van der Waals surface area contributed by atoms with E-state index in [1.807, 2.05) is 48.5 Å². The number of hydrogen-bond donors (Lipinski definition) is 0. The lowest BCUT2D eigenvalue weighted by molar-refractivity contribution is -0.527. The Bertz CT molecular complexity index is 3890. The van der Waals surface area contributed by atoms with Gasteiger partial charge in [-0.25, -0.2) is 4.58 Å². The van der Waals surface area contributed by atoms with Gasteiger partial charge in [-0.3, -0.25) is 20.2 Å². The molecule has 0 aromatic heterocycles. The zero-order valence-corrected chi connectivity index (χ0v) is 58.3. The predicted molar refractivity (Wildman–Crippen MR) is 399 cm³/mol. The summed E-state index contributed by atoms with van der Waals surface area (Å²) < 4.78 is 2.53. The molecule has 1 aliphatic rings. The molecule has 494 valence electrons. The average Bonchev–Trinajstić information content (AvgIpc) is 0.889. The molecule has 1 aliphatic carbocycles. The maximum Gasteiger partial charge on any atom is 0.272 e. The molecule has 0 unspecified atom stereocenters. The Morgan fingerprint density at radius 2 is 0.779 bits per heavy atom. The number of nitro benzene ring substituents is 2. The first-order valence-electron chi connectivity index (χ1n) is 33.2. The van der Waals surface area contributed by atoms with E-state index in [0.29, 0.717) is 11.4 Å². The van der Waals surface area contributed by atoms with E-state index in [0.717, 1.165) is 172 Å². The molecule has 7 aromatic carbocycles. The van der Waals surface area contributed by atoms with Crippen molar-refractivity contribution in [2.75, 3.05) is 54.0 Å². The number of anilines is 5. The highest BCUT2D eigenvalue weighted by molar-refractivity contribution is 6.39. The molecular weight excluding hydrogens is 1270 g/mol. The number of hydrogen-bond acceptors (Lipinski definition) is 11. The van der Waals surface area contributed by atoms with Crippen LogP contribution in [0.3, 0.4) is 0 Å². The Labute approximate surface area is 580 Å². The summed E-state index contributed by atoms with van der Waals surface area (Å²) in [4.78, 5) is 28.8. The van der Waals surface area contributed by atoms with Gasteiger partial charge in [-0.2, -0.15) is 10.2 Å². The first-order valence-corrected chi connectivity index (χ1v) is 34.7. The molecule has 0 fully saturated rings. The molecule has 18 heteroatoms. The standard InChI is InChI=1S/C77H85Cl4N10O4/c1-7-13-46-86(47-14-8-2)62-34-22-56(23-35-62)70(58-26-38-64(39-27-58)88(50-17-11-5)66-42-30-60(31-43-66)82-84-76-72(78)52-68(90(92)93)53-73(76)79)20-19-21-71(57-24-36-63(37-25-57)87(48-15-9-3)49-16-10-4)59-28-40-65(41-29-59)89(51-18-12-6)67-44-32-61(33-45-67)83-85-77-74(80)54-69(91(94)95)55-75(77)81/h19-45,52-55H,7-18,46-51H2,1-6H3/q+1. The van der Waals surface area contributed by atoms with Gasteiger partial charge in [-0.1, -0.05) is 181 Å². The number of allylic oxidation sites excluding steroid dienone is 9. The van der Waals surface area contributed by atoms with E-state index in [4.69, 9.17) is 46.4 Å². The van der Waals surface area contributed by atoms with Gasteiger partial charge in [0.2, 0.25) is 0 Å². The van der Waals surface area contributed by atoms with Crippen molar-refractivity contribution in [2.24, 2.45) is 20.5 Å². The monoisotopic (exact) mass is 1350 g/mol. The molecule has 7 aromatic rings. The largest absolute Gasteiger partial charge is 0.372 e. The van der Waals surface area contributed by atoms with Crippen molar-refractivity contribution in [3.63, 3.8) is 0 Å². The van der Waals surface area contributed by atoms with Crippen LogP contribution < -0.4 is 14.7 Å². The van der Waals surface area contributed by atoms with Crippen LogP contribution in [-0.4, -0.2) is 59.4 Å². The summed E-state index contributed by atoms with van der Waals surface area (Å²) in [6, 6.07) is 47.2. The Kier molecular flexibility index (Phi) is 28.1. The van der Waals surface area contributed by atoms with Crippen LogP contribution in [0.25, 0.3) is 11.1 Å². The number of benzene rings is 7. The summed E-state index contributed by atoms with van der Waals surface area (Å²) in [5.41, 5.74) is 14.1. The second-order valence-electron chi connectivity index (χ2n) is 23.4. The van der Waals surface area contributed by atoms with E-state index in [1.54, 1.807) is 0 Å². The highest BCUT2D eigenvalue weighted by atomic mass is 35.5. The fourth-order valence-corrected chi connectivity index (χ4v) is 12.1. The van der Waals surface area contributed by atoms with Crippen molar-refractivity contribution in [1.29, 1.82) is 0 Å². The fourth-order valence-electron chi connectivity index (χ4n) is 11.0.